The van der Waals surface area contributed by atoms with Crippen molar-refractivity contribution in [1.82, 2.24) is 14.7 Å². The fourth-order valence-electron chi connectivity index (χ4n) is 2.47. The van der Waals surface area contributed by atoms with E-state index in [4.69, 9.17) is 5.11 Å². The Hall–Kier alpha value is -2.05. The molecular formula is C14H22N4O3. The van der Waals surface area contributed by atoms with Gasteiger partial charge in [0.05, 0.1) is 11.9 Å². The maximum Gasteiger partial charge on any atom is 0.321 e. The van der Waals surface area contributed by atoms with Gasteiger partial charge in [-0.3, -0.25) is 9.48 Å². The number of aromatic nitrogens is 2. The number of carboxylic acid groups (broad SMARTS) is 1. The maximum absolute atomic E-state index is 12.1. The van der Waals surface area contributed by atoms with Gasteiger partial charge in [-0.1, -0.05) is 0 Å². The van der Waals surface area contributed by atoms with Crippen molar-refractivity contribution in [2.75, 3.05) is 18.4 Å². The van der Waals surface area contributed by atoms with Gasteiger partial charge in [-0.05, 0) is 32.6 Å². The second kappa shape index (κ2) is 6.60. The number of carboxylic acids is 1. The van der Waals surface area contributed by atoms with Gasteiger partial charge in [0.1, 0.15) is 0 Å². The third kappa shape index (κ3) is 4.21. The molecule has 1 fully saturated rings. The number of carbonyl (C=O) groups excluding carboxylic acids is 1. The van der Waals surface area contributed by atoms with E-state index in [2.05, 4.69) is 10.4 Å². The van der Waals surface area contributed by atoms with Crippen LogP contribution in [0.1, 0.15) is 39.2 Å². The Bertz CT molecular complexity index is 512. The quantitative estimate of drug-likeness (QED) is 0.871. The monoisotopic (exact) mass is 294 g/mol. The smallest absolute Gasteiger partial charge is 0.321 e. The van der Waals surface area contributed by atoms with E-state index in [1.807, 2.05) is 13.8 Å². The maximum atomic E-state index is 12.1. The first kappa shape index (κ1) is 15.3. The highest BCUT2D eigenvalue weighted by Gasteiger charge is 2.26. The summed E-state index contributed by atoms with van der Waals surface area (Å²) in [4.78, 5) is 24.4. The highest BCUT2D eigenvalue weighted by Crippen LogP contribution is 2.22. The molecule has 0 aromatic carbocycles. The van der Waals surface area contributed by atoms with Gasteiger partial charge in [-0.2, -0.15) is 5.10 Å². The minimum atomic E-state index is -0.779. The summed E-state index contributed by atoms with van der Waals surface area (Å²) in [5.41, 5.74) is 0.683. The highest BCUT2D eigenvalue weighted by atomic mass is 16.4. The molecule has 0 spiro atoms. The van der Waals surface area contributed by atoms with Crippen molar-refractivity contribution in [3.05, 3.63) is 12.4 Å². The van der Waals surface area contributed by atoms with Gasteiger partial charge in [-0.15, -0.1) is 0 Å². The molecule has 21 heavy (non-hydrogen) atoms. The van der Waals surface area contributed by atoms with Crippen LogP contribution < -0.4 is 5.32 Å². The second-order valence-corrected chi connectivity index (χ2v) is 5.77. The number of aliphatic carboxylic acids is 1. The van der Waals surface area contributed by atoms with E-state index in [0.29, 0.717) is 25.2 Å². The van der Waals surface area contributed by atoms with Crippen LogP contribution in [0.2, 0.25) is 0 Å². The van der Waals surface area contributed by atoms with Gasteiger partial charge in [0.25, 0.3) is 0 Å². The SMILES string of the molecule is CC(C)n1cc(NC(=O)N2CCC(CCC(=O)O)C2)cn1. The second-order valence-electron chi connectivity index (χ2n) is 5.77. The lowest BCUT2D eigenvalue weighted by Gasteiger charge is -2.16. The molecule has 1 aliphatic heterocycles. The molecule has 2 amide bonds. The summed E-state index contributed by atoms with van der Waals surface area (Å²) in [7, 11) is 0. The highest BCUT2D eigenvalue weighted by molar-refractivity contribution is 5.89. The van der Waals surface area contributed by atoms with Gasteiger partial charge in [0, 0.05) is 31.7 Å². The van der Waals surface area contributed by atoms with Crippen LogP contribution in [0.5, 0.6) is 0 Å². The molecule has 1 aromatic rings. The van der Waals surface area contributed by atoms with Crippen molar-refractivity contribution >= 4 is 17.7 Å². The fraction of sp³-hybridized carbons (Fsp3) is 0.643. The molecule has 2 rings (SSSR count). The molecule has 1 atom stereocenters. The topological polar surface area (TPSA) is 87.5 Å². The normalized spacial score (nSPS) is 18.2. The summed E-state index contributed by atoms with van der Waals surface area (Å²) in [6.07, 6.45) is 5.11. The van der Waals surface area contributed by atoms with Crippen molar-refractivity contribution in [2.24, 2.45) is 5.92 Å². The number of hydrogen-bond donors (Lipinski definition) is 2. The molecule has 116 valence electrons. The van der Waals surface area contributed by atoms with Crippen LogP contribution in [-0.2, 0) is 4.79 Å². The number of amides is 2. The van der Waals surface area contributed by atoms with Crippen LogP contribution in [0.15, 0.2) is 12.4 Å². The zero-order valence-corrected chi connectivity index (χ0v) is 12.5. The van der Waals surface area contributed by atoms with Crippen molar-refractivity contribution in [1.29, 1.82) is 0 Å². The van der Waals surface area contributed by atoms with Crippen molar-refractivity contribution in [3.8, 4) is 0 Å². The molecule has 1 aliphatic rings. The molecule has 7 heteroatoms. The Morgan fingerprint density at radius 2 is 2.29 bits per heavy atom. The van der Waals surface area contributed by atoms with E-state index >= 15 is 0 Å². The van der Waals surface area contributed by atoms with Gasteiger partial charge in [0.2, 0.25) is 0 Å². The first-order chi connectivity index (χ1) is 9.95. The summed E-state index contributed by atoms with van der Waals surface area (Å²) < 4.78 is 1.79. The molecule has 2 heterocycles. The number of nitrogens with one attached hydrogen (secondary N) is 1. The largest absolute Gasteiger partial charge is 0.481 e. The lowest BCUT2D eigenvalue weighted by Crippen LogP contribution is -2.32. The number of rotatable bonds is 5. The molecule has 2 N–H and O–H groups in total. The number of likely N-dealkylation sites (tertiary alicyclic amines) is 1. The van der Waals surface area contributed by atoms with E-state index in [-0.39, 0.29) is 24.4 Å². The summed E-state index contributed by atoms with van der Waals surface area (Å²) in [5.74, 6) is -0.496. The van der Waals surface area contributed by atoms with Crippen LogP contribution in [0.3, 0.4) is 0 Å². The Labute approximate surface area is 123 Å². The van der Waals surface area contributed by atoms with Crippen LogP contribution in [0, 0.1) is 5.92 Å². The van der Waals surface area contributed by atoms with E-state index in [9.17, 15) is 9.59 Å². The molecule has 1 unspecified atom stereocenters. The minimum absolute atomic E-state index is 0.142. The number of anilines is 1. The molecule has 0 saturated carbocycles. The van der Waals surface area contributed by atoms with E-state index < -0.39 is 5.97 Å². The van der Waals surface area contributed by atoms with Crippen LogP contribution in [-0.4, -0.2) is 44.9 Å². The Morgan fingerprint density at radius 1 is 1.52 bits per heavy atom. The molecule has 0 radical (unpaired) electrons. The minimum Gasteiger partial charge on any atom is -0.481 e. The summed E-state index contributed by atoms with van der Waals surface area (Å²) >= 11 is 0. The summed E-state index contributed by atoms with van der Waals surface area (Å²) in [6.45, 7) is 5.34. The number of carbonyl (C=O) groups is 2. The van der Waals surface area contributed by atoms with Gasteiger partial charge in [0.15, 0.2) is 0 Å². The first-order valence-corrected chi connectivity index (χ1v) is 7.27. The average molecular weight is 294 g/mol. The molecule has 1 aromatic heterocycles. The first-order valence-electron chi connectivity index (χ1n) is 7.27. The van der Waals surface area contributed by atoms with E-state index in [0.717, 1.165) is 6.42 Å². The van der Waals surface area contributed by atoms with E-state index in [1.54, 1.807) is 22.0 Å². The molecule has 1 saturated heterocycles. The van der Waals surface area contributed by atoms with Gasteiger partial charge >= 0.3 is 12.0 Å². The Kier molecular flexibility index (Phi) is 4.82. The molecule has 0 bridgehead atoms. The standard InChI is InChI=1S/C14H22N4O3/c1-10(2)18-9-12(7-15-18)16-14(21)17-6-5-11(8-17)3-4-13(19)20/h7,9-11H,3-6,8H2,1-2H3,(H,16,21)(H,19,20). The lowest BCUT2D eigenvalue weighted by atomic mass is 10.0. The van der Waals surface area contributed by atoms with Gasteiger partial charge in [-0.25, -0.2) is 4.79 Å². The number of urea groups is 1. The number of nitrogens with zero attached hydrogens (tertiary/aromatic N) is 3. The fourth-order valence-corrected chi connectivity index (χ4v) is 2.47. The Balaban J connectivity index is 1.82. The van der Waals surface area contributed by atoms with Crippen molar-refractivity contribution in [2.45, 2.75) is 39.2 Å². The summed E-state index contributed by atoms with van der Waals surface area (Å²) in [6, 6.07) is 0.110. The van der Waals surface area contributed by atoms with Crippen molar-refractivity contribution in [3.63, 3.8) is 0 Å². The molecule has 7 nitrogen and oxygen atoms in total. The summed E-state index contributed by atoms with van der Waals surface area (Å²) in [5, 5.41) is 15.7. The van der Waals surface area contributed by atoms with Crippen molar-refractivity contribution < 1.29 is 14.7 Å². The van der Waals surface area contributed by atoms with Crippen LogP contribution in [0.25, 0.3) is 0 Å². The van der Waals surface area contributed by atoms with Gasteiger partial charge < -0.3 is 15.3 Å². The van der Waals surface area contributed by atoms with Crippen LogP contribution >= 0.6 is 0 Å². The predicted octanol–water partition coefficient (Wildman–Crippen LogP) is 2.18. The zero-order chi connectivity index (χ0) is 15.4. The number of hydrogen-bond acceptors (Lipinski definition) is 3. The average Bonchev–Trinajstić information content (AvgIpc) is 3.04. The van der Waals surface area contributed by atoms with Crippen LogP contribution in [0.4, 0.5) is 10.5 Å². The predicted molar refractivity (Wildman–Crippen MR) is 78.2 cm³/mol. The molecular weight excluding hydrogens is 272 g/mol. The molecule has 0 aliphatic carbocycles. The zero-order valence-electron chi connectivity index (χ0n) is 12.5. The van der Waals surface area contributed by atoms with E-state index in [1.165, 1.54) is 0 Å². The third-order valence-electron chi connectivity index (χ3n) is 3.72. The Morgan fingerprint density at radius 3 is 2.90 bits per heavy atom. The third-order valence-corrected chi connectivity index (χ3v) is 3.72. The lowest BCUT2D eigenvalue weighted by molar-refractivity contribution is -0.137.